The molecule has 5 rings (SSSR count). The second kappa shape index (κ2) is 9.38. The summed E-state index contributed by atoms with van der Waals surface area (Å²) in [5.74, 6) is 2.75. The van der Waals surface area contributed by atoms with Crippen LogP contribution in [0.4, 0.5) is 0 Å². The van der Waals surface area contributed by atoms with Crippen LogP contribution in [0, 0.1) is 5.92 Å². The van der Waals surface area contributed by atoms with Gasteiger partial charge in [-0.05, 0) is 61.2 Å². The number of hydrogen-bond donors (Lipinski definition) is 1. The molecule has 0 radical (unpaired) electrons. The SMILES string of the molecule is COc1ccc(COC[C@@H]2COc3cc(C(=O)N[C@@H]4C[C@@H]5CCN(C5)C4)ccc3O2)cc1. The number of amides is 1. The van der Waals surface area contributed by atoms with Gasteiger partial charge in [0.2, 0.25) is 0 Å². The van der Waals surface area contributed by atoms with Gasteiger partial charge < -0.3 is 29.2 Å². The first-order valence-electron chi connectivity index (χ1n) is 11.3. The van der Waals surface area contributed by atoms with Gasteiger partial charge in [0, 0.05) is 24.7 Å². The molecule has 0 spiro atoms. The maximum Gasteiger partial charge on any atom is 0.251 e. The van der Waals surface area contributed by atoms with Gasteiger partial charge in [-0.1, -0.05) is 12.1 Å². The van der Waals surface area contributed by atoms with Crippen LogP contribution in [0.3, 0.4) is 0 Å². The maximum atomic E-state index is 12.8. The standard InChI is InChI=1S/C25H30N2O5/c1-29-21-5-2-17(3-6-21)14-30-15-22-16-31-24-11-19(4-7-23(24)32-22)25(28)26-20-10-18-8-9-27(12-18)13-20/h2-7,11,18,20,22H,8-10,12-16H2,1H3,(H,26,28)/t18-,20+,22+/m0/s1. The Kier molecular flexibility index (Phi) is 6.19. The minimum atomic E-state index is -0.188. The van der Waals surface area contributed by atoms with Crippen molar-refractivity contribution in [2.24, 2.45) is 5.92 Å². The van der Waals surface area contributed by atoms with E-state index in [-0.39, 0.29) is 18.1 Å². The molecule has 3 aliphatic heterocycles. The van der Waals surface area contributed by atoms with Gasteiger partial charge in [-0.15, -0.1) is 0 Å². The van der Waals surface area contributed by atoms with E-state index in [1.54, 1.807) is 19.2 Å². The molecule has 1 amide bonds. The van der Waals surface area contributed by atoms with Crippen LogP contribution < -0.4 is 19.5 Å². The Morgan fingerprint density at radius 1 is 1.16 bits per heavy atom. The van der Waals surface area contributed by atoms with Crippen LogP contribution in [0.1, 0.15) is 28.8 Å². The smallest absolute Gasteiger partial charge is 0.251 e. The van der Waals surface area contributed by atoms with Gasteiger partial charge in [-0.25, -0.2) is 0 Å². The quantitative estimate of drug-likeness (QED) is 0.717. The molecule has 2 saturated heterocycles. The van der Waals surface area contributed by atoms with E-state index in [9.17, 15) is 4.79 Å². The molecule has 1 N–H and O–H groups in total. The zero-order valence-electron chi connectivity index (χ0n) is 18.4. The summed E-state index contributed by atoms with van der Waals surface area (Å²) >= 11 is 0. The number of carbonyl (C=O) groups excluding carboxylic acids is 1. The van der Waals surface area contributed by atoms with E-state index < -0.39 is 0 Å². The Balaban J connectivity index is 1.11. The number of hydrogen-bond acceptors (Lipinski definition) is 6. The lowest BCUT2D eigenvalue weighted by molar-refractivity contribution is 0.00267. The Morgan fingerprint density at radius 2 is 2.03 bits per heavy atom. The molecule has 3 aliphatic rings. The number of methoxy groups -OCH3 is 1. The highest BCUT2D eigenvalue weighted by Gasteiger charge is 2.33. The monoisotopic (exact) mass is 438 g/mol. The van der Waals surface area contributed by atoms with E-state index in [4.69, 9.17) is 18.9 Å². The van der Waals surface area contributed by atoms with Crippen molar-refractivity contribution in [3.63, 3.8) is 0 Å². The van der Waals surface area contributed by atoms with Crippen LogP contribution >= 0.6 is 0 Å². The number of nitrogens with zero attached hydrogens (tertiary/aromatic N) is 1. The Hall–Kier alpha value is -2.77. The van der Waals surface area contributed by atoms with Crippen LogP contribution in [-0.4, -0.2) is 62.9 Å². The number of nitrogens with one attached hydrogen (secondary N) is 1. The molecule has 2 aromatic carbocycles. The molecule has 0 aliphatic carbocycles. The largest absolute Gasteiger partial charge is 0.497 e. The number of ether oxygens (including phenoxy) is 4. The van der Waals surface area contributed by atoms with Gasteiger partial charge in [0.1, 0.15) is 12.4 Å². The molecule has 2 aromatic rings. The predicted octanol–water partition coefficient (Wildman–Crippen LogP) is 2.88. The first kappa shape index (κ1) is 21.1. The average molecular weight is 439 g/mol. The van der Waals surface area contributed by atoms with Gasteiger partial charge in [0.05, 0.1) is 20.3 Å². The second-order valence-corrected chi connectivity index (χ2v) is 8.90. The van der Waals surface area contributed by atoms with E-state index in [0.717, 1.165) is 36.7 Å². The van der Waals surface area contributed by atoms with Crippen LogP contribution in [0.15, 0.2) is 42.5 Å². The molecular weight excluding hydrogens is 408 g/mol. The van der Waals surface area contributed by atoms with E-state index in [2.05, 4.69) is 10.2 Å². The highest BCUT2D eigenvalue weighted by atomic mass is 16.6. The number of rotatable bonds is 7. The second-order valence-electron chi connectivity index (χ2n) is 8.90. The van der Waals surface area contributed by atoms with Crippen molar-refractivity contribution in [3.8, 4) is 17.2 Å². The fourth-order valence-electron chi connectivity index (χ4n) is 4.80. The first-order chi connectivity index (χ1) is 15.7. The fraction of sp³-hybridized carbons (Fsp3) is 0.480. The molecule has 2 bridgehead atoms. The molecule has 7 heteroatoms. The van der Waals surface area contributed by atoms with Crippen LogP contribution in [-0.2, 0) is 11.3 Å². The highest BCUT2D eigenvalue weighted by Crippen LogP contribution is 2.33. The van der Waals surface area contributed by atoms with E-state index in [1.165, 1.54) is 13.0 Å². The number of fused-ring (bicyclic) bond motifs is 3. The normalized spacial score (nSPS) is 25.9. The third kappa shape index (κ3) is 4.84. The summed E-state index contributed by atoms with van der Waals surface area (Å²) < 4.78 is 22.9. The minimum Gasteiger partial charge on any atom is -0.497 e. The van der Waals surface area contributed by atoms with Gasteiger partial charge in [0.15, 0.2) is 17.6 Å². The maximum absolute atomic E-state index is 12.8. The fourth-order valence-corrected chi connectivity index (χ4v) is 4.80. The van der Waals surface area contributed by atoms with Crippen molar-refractivity contribution in [2.45, 2.75) is 31.6 Å². The number of piperidine rings is 1. The van der Waals surface area contributed by atoms with E-state index in [1.807, 2.05) is 30.3 Å². The molecule has 2 fully saturated rings. The van der Waals surface area contributed by atoms with Crippen molar-refractivity contribution < 1.29 is 23.7 Å². The van der Waals surface area contributed by atoms with Crippen molar-refractivity contribution in [1.82, 2.24) is 10.2 Å². The number of benzene rings is 2. The van der Waals surface area contributed by atoms with Crippen LogP contribution in [0.5, 0.6) is 17.2 Å². The van der Waals surface area contributed by atoms with Crippen LogP contribution in [0.25, 0.3) is 0 Å². The third-order valence-corrected chi connectivity index (χ3v) is 6.46. The minimum absolute atomic E-state index is 0.0474. The summed E-state index contributed by atoms with van der Waals surface area (Å²) in [4.78, 5) is 15.2. The van der Waals surface area contributed by atoms with Gasteiger partial charge >= 0.3 is 0 Å². The Morgan fingerprint density at radius 3 is 2.84 bits per heavy atom. The van der Waals surface area contributed by atoms with E-state index >= 15 is 0 Å². The lowest BCUT2D eigenvalue weighted by Crippen LogP contribution is -2.47. The molecule has 0 aromatic heterocycles. The van der Waals surface area contributed by atoms with Gasteiger partial charge in [-0.3, -0.25) is 4.79 Å². The summed E-state index contributed by atoms with van der Waals surface area (Å²) in [5.41, 5.74) is 1.68. The lowest BCUT2D eigenvalue weighted by Gasteiger charge is -2.30. The molecular formula is C25H30N2O5. The third-order valence-electron chi connectivity index (χ3n) is 6.46. The van der Waals surface area contributed by atoms with Crippen LogP contribution in [0.2, 0.25) is 0 Å². The molecule has 1 unspecified atom stereocenters. The average Bonchev–Trinajstić information content (AvgIpc) is 3.17. The summed E-state index contributed by atoms with van der Waals surface area (Å²) in [6.07, 6.45) is 2.14. The lowest BCUT2D eigenvalue weighted by atomic mass is 9.96. The highest BCUT2D eigenvalue weighted by molar-refractivity contribution is 5.95. The molecule has 170 valence electrons. The van der Waals surface area contributed by atoms with E-state index in [0.29, 0.717) is 36.9 Å². The summed E-state index contributed by atoms with van der Waals surface area (Å²) in [6, 6.07) is 13.4. The Labute approximate surface area is 188 Å². The van der Waals surface area contributed by atoms with Crippen molar-refractivity contribution in [2.75, 3.05) is 40.0 Å². The van der Waals surface area contributed by atoms with Gasteiger partial charge in [0.25, 0.3) is 5.91 Å². The van der Waals surface area contributed by atoms with Crippen molar-refractivity contribution in [3.05, 3.63) is 53.6 Å². The predicted molar refractivity (Wildman–Crippen MR) is 119 cm³/mol. The molecule has 32 heavy (non-hydrogen) atoms. The first-order valence-corrected chi connectivity index (χ1v) is 11.3. The Bertz CT molecular complexity index is 936. The number of carbonyl (C=O) groups is 1. The van der Waals surface area contributed by atoms with Crippen molar-refractivity contribution >= 4 is 5.91 Å². The summed E-state index contributed by atoms with van der Waals surface area (Å²) in [7, 11) is 1.65. The molecule has 3 heterocycles. The molecule has 4 atom stereocenters. The zero-order valence-corrected chi connectivity index (χ0v) is 18.4. The topological polar surface area (TPSA) is 69.3 Å². The van der Waals surface area contributed by atoms with Gasteiger partial charge in [-0.2, -0.15) is 0 Å². The van der Waals surface area contributed by atoms with Crippen molar-refractivity contribution in [1.29, 1.82) is 0 Å². The molecule has 0 saturated carbocycles. The molecule has 7 nitrogen and oxygen atoms in total. The zero-order chi connectivity index (χ0) is 21.9. The summed E-state index contributed by atoms with van der Waals surface area (Å²) in [6.45, 7) is 4.60. The summed E-state index contributed by atoms with van der Waals surface area (Å²) in [5, 5.41) is 3.20.